The second kappa shape index (κ2) is 6.02. The molecule has 0 aromatic heterocycles. The first-order valence-electron chi connectivity index (χ1n) is 8.45. The summed E-state index contributed by atoms with van der Waals surface area (Å²) in [6.45, 7) is 1.35. The molecule has 0 bridgehead atoms. The van der Waals surface area contributed by atoms with Crippen molar-refractivity contribution in [2.24, 2.45) is 5.92 Å². The number of benzene rings is 1. The summed E-state index contributed by atoms with van der Waals surface area (Å²) in [6, 6.07) is 5.80. The summed E-state index contributed by atoms with van der Waals surface area (Å²) in [4.78, 5) is 2.88. The predicted octanol–water partition coefficient (Wildman–Crippen LogP) is 3.40. The van der Waals surface area contributed by atoms with Crippen LogP contribution in [-0.2, 0) is 10.8 Å². The molecule has 1 aromatic rings. The van der Waals surface area contributed by atoms with Crippen LogP contribution in [0.15, 0.2) is 28.5 Å². The lowest BCUT2D eigenvalue weighted by Crippen LogP contribution is -2.46. The molecule has 1 aromatic carbocycles. The fourth-order valence-corrected chi connectivity index (χ4v) is 4.94. The van der Waals surface area contributed by atoms with Crippen LogP contribution in [0.2, 0.25) is 0 Å². The van der Waals surface area contributed by atoms with Crippen LogP contribution in [0.4, 0.5) is 10.1 Å². The lowest BCUT2D eigenvalue weighted by Gasteiger charge is -2.33. The van der Waals surface area contributed by atoms with Gasteiger partial charge in [-0.2, -0.15) is 0 Å². The highest BCUT2D eigenvalue weighted by Crippen LogP contribution is 2.44. The highest BCUT2D eigenvalue weighted by Gasteiger charge is 2.32. The van der Waals surface area contributed by atoms with Crippen LogP contribution in [0.25, 0.3) is 5.57 Å². The van der Waals surface area contributed by atoms with E-state index in [1.54, 1.807) is 0 Å². The maximum absolute atomic E-state index is 14.3. The van der Waals surface area contributed by atoms with Crippen molar-refractivity contribution in [3.8, 4) is 0 Å². The number of fused-ring (bicyclic) bond motifs is 1. The highest BCUT2D eigenvalue weighted by molar-refractivity contribution is 7.88. The van der Waals surface area contributed by atoms with E-state index in [0.29, 0.717) is 6.54 Å². The minimum atomic E-state index is -1.11. The normalized spacial score (nSPS) is 30.9. The van der Waals surface area contributed by atoms with Gasteiger partial charge in [0.05, 0.1) is 27.4 Å². The Balaban J connectivity index is 1.57. The molecule has 3 aliphatic rings. The molecule has 0 amide bonds. The van der Waals surface area contributed by atoms with Crippen LogP contribution >= 0.6 is 0 Å². The molecule has 3 nitrogen and oxygen atoms in total. The monoisotopic (exact) mass is 334 g/mol. The van der Waals surface area contributed by atoms with Gasteiger partial charge in [0, 0.05) is 18.5 Å². The molecule has 2 fully saturated rings. The molecule has 1 N–H and O–H groups in total. The van der Waals surface area contributed by atoms with Crippen LogP contribution in [-0.4, -0.2) is 41.5 Å². The molecule has 124 valence electrons. The van der Waals surface area contributed by atoms with Gasteiger partial charge in [-0.25, -0.2) is 8.60 Å². The van der Waals surface area contributed by atoms with Gasteiger partial charge < -0.3 is 10.2 Å². The van der Waals surface area contributed by atoms with Gasteiger partial charge in [-0.15, -0.1) is 0 Å². The fraction of sp³-hybridized carbons (Fsp3) is 0.556. The second-order valence-electron chi connectivity index (χ2n) is 7.09. The number of nitrogens with zero attached hydrogens (tertiary/aromatic N) is 1. The SMILES string of the molecule is CN1CC[C@H](Nc2cccc3c2S(=O)C=C3CC2CC2)[C@@H](F)C1. The standard InChI is InChI=1S/C18H23FN2OS/c1-21-8-7-16(15(19)10-21)20-17-4-2-3-14-13(9-12-5-6-12)11-23(22)18(14)17/h2-4,11-12,15-16,20H,5-10H2,1H3/t15-,16-,23?/m0/s1. The molecule has 2 heterocycles. The van der Waals surface area contributed by atoms with Gasteiger partial charge in [0.1, 0.15) is 6.17 Å². The summed E-state index contributed by atoms with van der Waals surface area (Å²) >= 11 is 0. The summed E-state index contributed by atoms with van der Waals surface area (Å²) in [7, 11) is 0.843. The van der Waals surface area contributed by atoms with E-state index < -0.39 is 17.0 Å². The van der Waals surface area contributed by atoms with E-state index in [9.17, 15) is 8.60 Å². The molecule has 0 radical (unpaired) electrons. The smallest absolute Gasteiger partial charge is 0.133 e. The van der Waals surface area contributed by atoms with Gasteiger partial charge in [0.25, 0.3) is 0 Å². The number of halogens is 1. The third-order valence-corrected chi connectivity index (χ3v) is 6.44. The third-order valence-electron chi connectivity index (χ3n) is 5.10. The van der Waals surface area contributed by atoms with Crippen LogP contribution in [0.3, 0.4) is 0 Å². The predicted molar refractivity (Wildman–Crippen MR) is 92.6 cm³/mol. The average molecular weight is 334 g/mol. The molecule has 1 saturated heterocycles. The quantitative estimate of drug-likeness (QED) is 0.916. The van der Waals surface area contributed by atoms with E-state index >= 15 is 0 Å². The van der Waals surface area contributed by atoms with Crippen molar-refractivity contribution < 1.29 is 8.60 Å². The van der Waals surface area contributed by atoms with Crippen molar-refractivity contribution in [1.82, 2.24) is 4.90 Å². The van der Waals surface area contributed by atoms with Crippen LogP contribution in [0.1, 0.15) is 31.2 Å². The van der Waals surface area contributed by atoms with Gasteiger partial charge in [0.2, 0.25) is 0 Å². The molecular formula is C18H23FN2OS. The van der Waals surface area contributed by atoms with E-state index in [2.05, 4.69) is 11.4 Å². The first-order valence-corrected chi connectivity index (χ1v) is 9.67. The molecule has 5 heteroatoms. The molecule has 23 heavy (non-hydrogen) atoms. The van der Waals surface area contributed by atoms with E-state index in [1.807, 2.05) is 29.5 Å². The first kappa shape index (κ1) is 15.3. The minimum Gasteiger partial charge on any atom is -0.378 e. The Labute approximate surface area is 139 Å². The molecule has 2 aliphatic heterocycles. The zero-order valence-electron chi connectivity index (χ0n) is 13.4. The maximum atomic E-state index is 14.3. The van der Waals surface area contributed by atoms with E-state index in [1.165, 1.54) is 18.4 Å². The van der Waals surface area contributed by atoms with E-state index in [0.717, 1.165) is 41.5 Å². The van der Waals surface area contributed by atoms with Gasteiger partial charge >= 0.3 is 0 Å². The topological polar surface area (TPSA) is 32.3 Å². The Kier molecular flexibility index (Phi) is 4.01. The molecule has 1 aliphatic carbocycles. The van der Waals surface area contributed by atoms with Gasteiger partial charge in [0.15, 0.2) is 0 Å². The van der Waals surface area contributed by atoms with Gasteiger partial charge in [-0.3, -0.25) is 0 Å². The summed E-state index contributed by atoms with van der Waals surface area (Å²) in [5.74, 6) is 0.768. The van der Waals surface area contributed by atoms with Crippen LogP contribution in [0, 0.1) is 5.92 Å². The Morgan fingerprint density at radius 2 is 2.17 bits per heavy atom. The van der Waals surface area contributed by atoms with Gasteiger partial charge in [-0.05, 0) is 55.9 Å². The van der Waals surface area contributed by atoms with Crippen LogP contribution in [0.5, 0.6) is 0 Å². The largest absolute Gasteiger partial charge is 0.378 e. The van der Waals surface area contributed by atoms with E-state index in [-0.39, 0.29) is 6.04 Å². The van der Waals surface area contributed by atoms with Crippen molar-refractivity contribution in [2.45, 2.75) is 42.8 Å². The summed E-state index contributed by atoms with van der Waals surface area (Å²) in [5, 5.41) is 5.24. The number of anilines is 1. The number of piperidine rings is 1. The zero-order valence-corrected chi connectivity index (χ0v) is 14.2. The third kappa shape index (κ3) is 3.09. The molecule has 0 spiro atoms. The molecule has 1 unspecified atom stereocenters. The first-order chi connectivity index (χ1) is 11.1. The second-order valence-corrected chi connectivity index (χ2v) is 8.33. The summed E-state index contributed by atoms with van der Waals surface area (Å²) in [5.41, 5.74) is 3.16. The summed E-state index contributed by atoms with van der Waals surface area (Å²) in [6.07, 6.45) is 3.49. The minimum absolute atomic E-state index is 0.192. The Morgan fingerprint density at radius 3 is 2.91 bits per heavy atom. The average Bonchev–Trinajstić information content (AvgIpc) is 3.27. The zero-order chi connectivity index (χ0) is 16.0. The van der Waals surface area contributed by atoms with Crippen molar-refractivity contribution in [3.05, 3.63) is 29.2 Å². The number of allylic oxidation sites excluding steroid dienone is 1. The summed E-state index contributed by atoms with van der Waals surface area (Å²) < 4.78 is 26.9. The Morgan fingerprint density at radius 1 is 1.35 bits per heavy atom. The molecule has 4 rings (SSSR count). The number of rotatable bonds is 4. The van der Waals surface area contributed by atoms with Gasteiger partial charge in [-0.1, -0.05) is 12.1 Å². The lowest BCUT2D eigenvalue weighted by atomic mass is 10.00. The molecule has 1 saturated carbocycles. The van der Waals surface area contributed by atoms with Crippen LogP contribution < -0.4 is 5.32 Å². The Bertz CT molecular complexity index is 671. The fourth-order valence-electron chi connectivity index (χ4n) is 3.58. The maximum Gasteiger partial charge on any atom is 0.133 e. The highest BCUT2D eigenvalue weighted by atomic mass is 32.2. The van der Waals surface area contributed by atoms with Crippen molar-refractivity contribution in [1.29, 1.82) is 0 Å². The van der Waals surface area contributed by atoms with Crippen molar-refractivity contribution in [2.75, 3.05) is 25.5 Å². The number of hydrogen-bond acceptors (Lipinski definition) is 3. The van der Waals surface area contributed by atoms with Crippen molar-refractivity contribution >= 4 is 22.1 Å². The molecule has 3 atom stereocenters. The number of likely N-dealkylation sites (tertiary alicyclic amines) is 1. The molecular weight excluding hydrogens is 311 g/mol. The number of nitrogens with one attached hydrogen (secondary N) is 1. The number of alkyl halides is 1. The number of hydrogen-bond donors (Lipinski definition) is 1. The Hall–Kier alpha value is -1.20. The lowest BCUT2D eigenvalue weighted by molar-refractivity contribution is 0.149. The van der Waals surface area contributed by atoms with Crippen molar-refractivity contribution in [3.63, 3.8) is 0 Å². The van der Waals surface area contributed by atoms with E-state index in [4.69, 9.17) is 0 Å².